The second-order valence-electron chi connectivity index (χ2n) is 5.08. The normalized spacial score (nSPS) is 11.1. The first kappa shape index (κ1) is 19.4. The highest BCUT2D eigenvalue weighted by molar-refractivity contribution is 7.18. The number of esters is 1. The number of alkyl halides is 3. The molecule has 1 amide bonds. The summed E-state index contributed by atoms with van der Waals surface area (Å²) in [5.41, 5.74) is 0.0106. The largest absolute Gasteiger partial charge is 0.478 e. The van der Waals surface area contributed by atoms with E-state index >= 15 is 0 Å². The number of ether oxygens (including phenoxy) is 1. The Morgan fingerprint density at radius 3 is 2.35 bits per heavy atom. The van der Waals surface area contributed by atoms with Gasteiger partial charge in [-0.05, 0) is 18.1 Å². The zero-order valence-corrected chi connectivity index (χ0v) is 14.0. The Balaban J connectivity index is 2.26. The van der Waals surface area contributed by atoms with Gasteiger partial charge in [-0.2, -0.15) is 13.2 Å². The van der Waals surface area contributed by atoms with E-state index in [1.54, 1.807) is 30.3 Å². The fourth-order valence-electron chi connectivity index (χ4n) is 2.02. The lowest BCUT2D eigenvalue weighted by atomic mass is 10.1. The number of benzene rings is 1. The van der Waals surface area contributed by atoms with Crippen molar-refractivity contribution in [1.82, 2.24) is 0 Å². The van der Waals surface area contributed by atoms with Crippen molar-refractivity contribution in [1.29, 1.82) is 0 Å². The van der Waals surface area contributed by atoms with Crippen molar-refractivity contribution in [2.24, 2.45) is 0 Å². The van der Waals surface area contributed by atoms with Gasteiger partial charge in [0.15, 0.2) is 0 Å². The summed E-state index contributed by atoms with van der Waals surface area (Å²) in [6.07, 6.45) is -5.19. The summed E-state index contributed by atoms with van der Waals surface area (Å²) in [5.74, 6) is -4.80. The minimum Gasteiger partial charge on any atom is -0.478 e. The number of carbonyl (C=O) groups is 3. The maximum Gasteiger partial charge on any atom is 0.471 e. The smallest absolute Gasteiger partial charge is 0.471 e. The number of anilines is 1. The molecule has 26 heavy (non-hydrogen) atoms. The van der Waals surface area contributed by atoms with Crippen LogP contribution in [0.15, 0.2) is 30.3 Å². The molecule has 1 heterocycles. The second kappa shape index (κ2) is 7.56. The van der Waals surface area contributed by atoms with Crippen LogP contribution >= 0.6 is 11.3 Å². The fourth-order valence-corrected chi connectivity index (χ4v) is 3.10. The van der Waals surface area contributed by atoms with Gasteiger partial charge in [-0.3, -0.25) is 4.79 Å². The summed E-state index contributed by atoms with van der Waals surface area (Å²) in [7, 11) is 0. The van der Waals surface area contributed by atoms with Crippen LogP contribution in [0.4, 0.5) is 18.2 Å². The quantitative estimate of drug-likeness (QED) is 0.765. The number of amides is 1. The highest BCUT2D eigenvalue weighted by Gasteiger charge is 2.40. The first-order valence-corrected chi connectivity index (χ1v) is 7.88. The Kier molecular flexibility index (Phi) is 5.66. The topological polar surface area (TPSA) is 92.7 Å². The average Bonchev–Trinajstić information content (AvgIpc) is 2.89. The van der Waals surface area contributed by atoms with E-state index in [1.807, 2.05) is 0 Å². The molecular weight excluding hydrogens is 375 g/mol. The number of carboxylic acids is 1. The number of carboxylic acid groups (broad SMARTS) is 1. The molecule has 0 spiro atoms. The van der Waals surface area contributed by atoms with Crippen molar-refractivity contribution in [3.8, 4) is 0 Å². The zero-order chi connectivity index (χ0) is 19.5. The summed E-state index contributed by atoms with van der Waals surface area (Å²) in [6, 6.07) is 8.63. The van der Waals surface area contributed by atoms with Crippen LogP contribution in [-0.2, 0) is 16.1 Å². The second-order valence-corrected chi connectivity index (χ2v) is 6.10. The minimum absolute atomic E-state index is 0.0852. The van der Waals surface area contributed by atoms with Crippen LogP contribution in [0.1, 0.15) is 31.2 Å². The van der Waals surface area contributed by atoms with Crippen LogP contribution in [0.25, 0.3) is 0 Å². The average molecular weight is 387 g/mol. The van der Waals surface area contributed by atoms with E-state index in [9.17, 15) is 32.7 Å². The van der Waals surface area contributed by atoms with Crippen LogP contribution in [-0.4, -0.2) is 29.1 Å². The standard InChI is InChI=1S/C16H12F3NO5S/c1-8-10(13(21)22)12(20-15(24)16(17,18)19)26-11(8)14(23)25-7-9-5-3-2-4-6-9/h2-6H,7H2,1H3,(H,20,24)(H,21,22). The molecule has 2 N–H and O–H groups in total. The van der Waals surface area contributed by atoms with Gasteiger partial charge in [-0.15, -0.1) is 11.3 Å². The van der Waals surface area contributed by atoms with E-state index in [0.29, 0.717) is 16.9 Å². The first-order valence-electron chi connectivity index (χ1n) is 7.07. The van der Waals surface area contributed by atoms with E-state index in [4.69, 9.17) is 4.74 Å². The lowest BCUT2D eigenvalue weighted by molar-refractivity contribution is -0.167. The number of thiophene rings is 1. The van der Waals surface area contributed by atoms with Gasteiger partial charge in [-0.25, -0.2) is 9.59 Å². The maximum atomic E-state index is 12.4. The van der Waals surface area contributed by atoms with E-state index in [2.05, 4.69) is 0 Å². The molecule has 0 saturated carbocycles. The number of halogens is 3. The van der Waals surface area contributed by atoms with Crippen molar-refractivity contribution in [3.05, 3.63) is 51.9 Å². The molecule has 6 nitrogen and oxygen atoms in total. The van der Waals surface area contributed by atoms with E-state index in [-0.39, 0.29) is 17.0 Å². The first-order chi connectivity index (χ1) is 12.1. The van der Waals surface area contributed by atoms with Crippen LogP contribution < -0.4 is 5.32 Å². The highest BCUT2D eigenvalue weighted by atomic mass is 32.1. The van der Waals surface area contributed by atoms with Gasteiger partial charge in [0, 0.05) is 0 Å². The lowest BCUT2D eigenvalue weighted by Gasteiger charge is -2.06. The molecule has 0 radical (unpaired) electrons. The monoisotopic (exact) mass is 387 g/mol. The molecule has 0 fully saturated rings. The number of carbonyl (C=O) groups excluding carboxylic acids is 2. The number of hydrogen-bond acceptors (Lipinski definition) is 5. The predicted molar refractivity (Wildman–Crippen MR) is 86.3 cm³/mol. The Labute approximate surface area is 149 Å². The van der Waals surface area contributed by atoms with Gasteiger partial charge in [0.2, 0.25) is 0 Å². The van der Waals surface area contributed by atoms with Gasteiger partial charge >= 0.3 is 24.0 Å². The molecule has 138 valence electrons. The van der Waals surface area contributed by atoms with Crippen LogP contribution in [0.3, 0.4) is 0 Å². The third kappa shape index (κ3) is 4.39. The summed E-state index contributed by atoms with van der Waals surface area (Å²) < 4.78 is 42.2. The number of hydrogen-bond donors (Lipinski definition) is 2. The Morgan fingerprint density at radius 1 is 1.19 bits per heavy atom. The Hall–Kier alpha value is -2.88. The Morgan fingerprint density at radius 2 is 1.81 bits per heavy atom. The molecular formula is C16H12F3NO5S. The molecule has 0 aliphatic heterocycles. The number of rotatable bonds is 5. The third-order valence-electron chi connectivity index (χ3n) is 3.24. The van der Waals surface area contributed by atoms with Crippen LogP contribution in [0, 0.1) is 6.92 Å². The lowest BCUT2D eigenvalue weighted by Crippen LogP contribution is -2.30. The Bertz CT molecular complexity index is 846. The van der Waals surface area contributed by atoms with Crippen LogP contribution in [0.5, 0.6) is 0 Å². The number of nitrogens with one attached hydrogen (secondary N) is 1. The van der Waals surface area contributed by atoms with Crippen molar-refractivity contribution in [3.63, 3.8) is 0 Å². The molecule has 0 saturated heterocycles. The van der Waals surface area contributed by atoms with E-state index in [0.717, 1.165) is 0 Å². The maximum absolute atomic E-state index is 12.4. The highest BCUT2D eigenvalue weighted by Crippen LogP contribution is 2.34. The SMILES string of the molecule is Cc1c(C(=O)OCc2ccccc2)sc(NC(=O)C(F)(F)F)c1C(=O)O. The van der Waals surface area contributed by atoms with Crippen molar-refractivity contribution in [2.75, 3.05) is 5.32 Å². The summed E-state index contributed by atoms with van der Waals surface area (Å²) in [6.45, 7) is 1.16. The minimum atomic E-state index is -5.19. The zero-order valence-electron chi connectivity index (χ0n) is 13.2. The summed E-state index contributed by atoms with van der Waals surface area (Å²) in [5, 5.41) is 10.1. The van der Waals surface area contributed by atoms with Crippen molar-refractivity contribution >= 4 is 34.2 Å². The van der Waals surface area contributed by atoms with Crippen molar-refractivity contribution < 1.29 is 37.4 Å². The summed E-state index contributed by atoms with van der Waals surface area (Å²) in [4.78, 5) is 34.4. The van der Waals surface area contributed by atoms with Gasteiger partial charge < -0.3 is 15.2 Å². The molecule has 0 bridgehead atoms. The molecule has 1 aromatic carbocycles. The molecule has 2 aromatic rings. The van der Waals surface area contributed by atoms with Gasteiger partial charge in [0.25, 0.3) is 0 Å². The van der Waals surface area contributed by atoms with Gasteiger partial charge in [0.05, 0.1) is 5.56 Å². The van der Waals surface area contributed by atoms with E-state index < -0.39 is 34.6 Å². The predicted octanol–water partition coefficient (Wildman–Crippen LogP) is 3.61. The molecule has 10 heteroatoms. The van der Waals surface area contributed by atoms with E-state index in [1.165, 1.54) is 12.2 Å². The van der Waals surface area contributed by atoms with Gasteiger partial charge in [0.1, 0.15) is 16.5 Å². The third-order valence-corrected chi connectivity index (χ3v) is 4.43. The number of aromatic carboxylic acids is 1. The molecule has 0 unspecified atom stereocenters. The molecule has 1 aromatic heterocycles. The van der Waals surface area contributed by atoms with Crippen LogP contribution in [0.2, 0.25) is 0 Å². The van der Waals surface area contributed by atoms with Gasteiger partial charge in [-0.1, -0.05) is 30.3 Å². The fraction of sp³-hybridized carbons (Fsp3) is 0.188. The van der Waals surface area contributed by atoms with Crippen molar-refractivity contribution in [2.45, 2.75) is 19.7 Å². The molecule has 0 atom stereocenters. The molecule has 2 rings (SSSR count). The molecule has 0 aliphatic carbocycles. The molecule has 0 aliphatic rings. The summed E-state index contributed by atoms with van der Waals surface area (Å²) >= 11 is 0.415.